The maximum absolute atomic E-state index is 14.9. The van der Waals surface area contributed by atoms with Crippen LogP contribution in [0.2, 0.25) is 5.02 Å². The third kappa shape index (κ3) is 6.18. The lowest BCUT2D eigenvalue weighted by molar-refractivity contribution is -0.266. The number of nitrogens with one attached hydrogen (secondary N) is 1. The molecule has 1 heterocycles. The number of methoxy groups -OCH3 is 1. The minimum Gasteiger partial charge on any atom is -0.435 e. The summed E-state index contributed by atoms with van der Waals surface area (Å²) in [6, 6.07) is 23.3. The maximum Gasteiger partial charge on any atom is 0.430 e. The molecule has 4 aromatic rings. The van der Waals surface area contributed by atoms with Gasteiger partial charge in [0.2, 0.25) is 0 Å². The number of hydrogen-bond acceptors (Lipinski definition) is 4. The smallest absolute Gasteiger partial charge is 0.430 e. The maximum atomic E-state index is 14.9. The van der Waals surface area contributed by atoms with Gasteiger partial charge in [-0.3, -0.25) is 9.78 Å². The highest BCUT2D eigenvalue weighted by Crippen LogP contribution is 2.44. The number of carbonyl (C=O) groups excluding carboxylic acids is 1. The Labute approximate surface area is 237 Å². The number of alkyl halides is 5. The van der Waals surface area contributed by atoms with Crippen LogP contribution in [0, 0.1) is 0 Å². The number of carbonyl (C=O) groups is 1. The van der Waals surface area contributed by atoms with Gasteiger partial charge in [0.25, 0.3) is 11.5 Å². The van der Waals surface area contributed by atoms with E-state index in [1.807, 2.05) is 0 Å². The van der Waals surface area contributed by atoms with E-state index in [4.69, 9.17) is 16.3 Å². The Morgan fingerprint density at radius 1 is 0.902 bits per heavy atom. The van der Waals surface area contributed by atoms with Crippen molar-refractivity contribution < 1.29 is 36.2 Å². The number of aromatic nitrogens is 1. The van der Waals surface area contributed by atoms with Gasteiger partial charge in [-0.05, 0) is 35.4 Å². The number of nitrogens with zero attached hydrogens (tertiary/aromatic N) is 1. The lowest BCUT2D eigenvalue weighted by Crippen LogP contribution is -2.61. The summed E-state index contributed by atoms with van der Waals surface area (Å²) in [6.45, 7) is -3.17. The minimum atomic E-state index is -5.21. The Balaban J connectivity index is 1.99. The molecule has 0 aliphatic rings. The summed E-state index contributed by atoms with van der Waals surface area (Å²) >= 11 is 6.07. The van der Waals surface area contributed by atoms with E-state index in [0.29, 0.717) is 5.56 Å². The first-order valence-corrected chi connectivity index (χ1v) is 12.6. The van der Waals surface area contributed by atoms with Crippen molar-refractivity contribution in [1.29, 1.82) is 0 Å². The minimum absolute atomic E-state index is 0.0912. The summed E-state index contributed by atoms with van der Waals surface area (Å²) in [7, 11) is 0.788. The van der Waals surface area contributed by atoms with Crippen molar-refractivity contribution in [2.75, 3.05) is 7.11 Å². The van der Waals surface area contributed by atoms with Gasteiger partial charge < -0.3 is 14.8 Å². The van der Waals surface area contributed by atoms with Crippen LogP contribution < -0.4 is 10.1 Å². The fraction of sp³-hybridized carbons (Fsp3) is 0.200. The molecular formula is C30H24ClF5N2O3. The summed E-state index contributed by atoms with van der Waals surface area (Å²) < 4.78 is 80.4. The second kappa shape index (κ2) is 12.2. The zero-order chi connectivity index (χ0) is 29.7. The summed E-state index contributed by atoms with van der Waals surface area (Å²) in [5.74, 6) is -1.82. The summed E-state index contributed by atoms with van der Waals surface area (Å²) in [5.41, 5.74) is -4.91. The van der Waals surface area contributed by atoms with Crippen LogP contribution >= 0.6 is 11.6 Å². The number of halogens is 6. The summed E-state index contributed by atoms with van der Waals surface area (Å²) in [5, 5.41) is 2.81. The van der Waals surface area contributed by atoms with Gasteiger partial charge in [-0.25, -0.2) is 0 Å². The van der Waals surface area contributed by atoms with Crippen molar-refractivity contribution in [2.24, 2.45) is 0 Å². The van der Waals surface area contributed by atoms with Gasteiger partial charge in [-0.1, -0.05) is 84.4 Å². The SMILES string of the molecule is CO[C@@](C(=O)N[C@](Cc1ccccc1)(c1cccc(OC(F)F)c1)c1ccc(Cl)cn1)(c1ccccc1)C(F)(F)F. The van der Waals surface area contributed by atoms with Gasteiger partial charge >= 0.3 is 12.8 Å². The normalized spacial score (nSPS) is 14.6. The average Bonchev–Trinajstić information content (AvgIpc) is 2.94. The molecular weight excluding hydrogens is 567 g/mol. The molecule has 0 aliphatic heterocycles. The first-order valence-electron chi connectivity index (χ1n) is 12.2. The Hall–Kier alpha value is -4.02. The highest BCUT2D eigenvalue weighted by Gasteiger charge is 2.63. The molecule has 0 saturated carbocycles. The van der Waals surface area contributed by atoms with Crippen LogP contribution in [0.25, 0.3) is 0 Å². The third-order valence-electron chi connectivity index (χ3n) is 6.56. The molecule has 0 unspecified atom stereocenters. The molecule has 214 valence electrons. The molecule has 3 aromatic carbocycles. The monoisotopic (exact) mass is 590 g/mol. The Morgan fingerprint density at radius 2 is 1.54 bits per heavy atom. The second-order valence-electron chi connectivity index (χ2n) is 9.04. The van der Waals surface area contributed by atoms with Gasteiger partial charge in [-0.15, -0.1) is 0 Å². The van der Waals surface area contributed by atoms with E-state index in [1.54, 1.807) is 30.3 Å². The van der Waals surface area contributed by atoms with Gasteiger partial charge in [0.05, 0.1) is 10.7 Å². The van der Waals surface area contributed by atoms with Gasteiger partial charge in [0, 0.05) is 25.3 Å². The highest BCUT2D eigenvalue weighted by atomic mass is 35.5. The first-order chi connectivity index (χ1) is 19.5. The zero-order valence-electron chi connectivity index (χ0n) is 21.5. The molecule has 1 aromatic heterocycles. The third-order valence-corrected chi connectivity index (χ3v) is 6.78. The first kappa shape index (κ1) is 30.0. The molecule has 4 rings (SSSR count). The number of rotatable bonds is 10. The number of benzene rings is 3. The molecule has 0 spiro atoms. The highest BCUT2D eigenvalue weighted by molar-refractivity contribution is 6.30. The fourth-order valence-corrected chi connectivity index (χ4v) is 4.81. The van der Waals surface area contributed by atoms with Gasteiger partial charge in [-0.2, -0.15) is 22.0 Å². The standard InChI is InChI=1S/C30H24ClF5N2O3/c1-40-29(30(34,35)36,21-11-6-3-7-12-21)26(39)38-28(18-20-9-4-2-5-10-20,25-16-15-23(31)19-37-25)22-13-8-14-24(17-22)41-27(32)33/h2-17,19,27H,18H2,1H3,(H,38,39)/t28-,29-/m1/s1. The van der Waals surface area contributed by atoms with Crippen molar-refractivity contribution in [3.05, 3.63) is 131 Å². The summed E-state index contributed by atoms with van der Waals surface area (Å²) in [6.07, 6.45) is -4.06. The number of ether oxygens (including phenoxy) is 2. The van der Waals surface area contributed by atoms with Gasteiger partial charge in [0.15, 0.2) is 0 Å². The molecule has 41 heavy (non-hydrogen) atoms. The van der Waals surface area contributed by atoms with Crippen LogP contribution in [0.1, 0.15) is 22.4 Å². The van der Waals surface area contributed by atoms with E-state index in [1.165, 1.54) is 60.8 Å². The predicted octanol–water partition coefficient (Wildman–Crippen LogP) is 7.04. The second-order valence-corrected chi connectivity index (χ2v) is 9.48. The van der Waals surface area contributed by atoms with E-state index in [9.17, 15) is 26.7 Å². The molecule has 0 saturated heterocycles. The van der Waals surface area contributed by atoms with Crippen molar-refractivity contribution in [1.82, 2.24) is 10.3 Å². The van der Waals surface area contributed by atoms with Crippen molar-refractivity contribution in [3.8, 4) is 5.75 Å². The van der Waals surface area contributed by atoms with E-state index in [2.05, 4.69) is 15.0 Å². The lowest BCUT2D eigenvalue weighted by atomic mass is 9.79. The van der Waals surface area contributed by atoms with Crippen molar-refractivity contribution in [3.63, 3.8) is 0 Å². The topological polar surface area (TPSA) is 60.5 Å². The molecule has 11 heteroatoms. The van der Waals surface area contributed by atoms with Crippen molar-refractivity contribution >= 4 is 17.5 Å². The quantitative estimate of drug-likeness (QED) is 0.201. The van der Waals surface area contributed by atoms with Crippen LogP contribution in [-0.4, -0.2) is 30.8 Å². The van der Waals surface area contributed by atoms with Crippen LogP contribution in [0.3, 0.4) is 0 Å². The molecule has 0 aliphatic carbocycles. The molecule has 1 N–H and O–H groups in total. The molecule has 1 amide bonds. The number of hydrogen-bond donors (Lipinski definition) is 1. The molecule has 5 nitrogen and oxygen atoms in total. The van der Waals surface area contributed by atoms with Crippen LogP contribution in [-0.2, 0) is 27.1 Å². The van der Waals surface area contributed by atoms with E-state index in [-0.39, 0.29) is 28.5 Å². The Bertz CT molecular complexity index is 1460. The zero-order valence-corrected chi connectivity index (χ0v) is 22.3. The van der Waals surface area contributed by atoms with E-state index in [0.717, 1.165) is 19.2 Å². The van der Waals surface area contributed by atoms with Crippen LogP contribution in [0.15, 0.2) is 103 Å². The fourth-order valence-electron chi connectivity index (χ4n) is 4.69. The van der Waals surface area contributed by atoms with Crippen molar-refractivity contribution in [2.45, 2.75) is 30.3 Å². The number of amides is 1. The van der Waals surface area contributed by atoms with E-state index < -0.39 is 35.4 Å². The largest absolute Gasteiger partial charge is 0.435 e. The number of pyridine rings is 1. The predicted molar refractivity (Wildman–Crippen MR) is 143 cm³/mol. The van der Waals surface area contributed by atoms with Crippen LogP contribution in [0.5, 0.6) is 5.75 Å². The summed E-state index contributed by atoms with van der Waals surface area (Å²) in [4.78, 5) is 18.4. The van der Waals surface area contributed by atoms with Crippen LogP contribution in [0.4, 0.5) is 22.0 Å². The van der Waals surface area contributed by atoms with E-state index >= 15 is 0 Å². The Kier molecular flexibility index (Phi) is 8.94. The Morgan fingerprint density at radius 3 is 2.10 bits per heavy atom. The molecule has 2 atom stereocenters. The molecule has 0 bridgehead atoms. The molecule has 0 fully saturated rings. The average molecular weight is 591 g/mol. The lowest BCUT2D eigenvalue weighted by Gasteiger charge is -2.40. The van der Waals surface area contributed by atoms with Gasteiger partial charge in [0.1, 0.15) is 11.3 Å². The molecule has 0 radical (unpaired) electrons.